The van der Waals surface area contributed by atoms with Crippen LogP contribution in [0, 0.1) is 0 Å². The average Bonchev–Trinajstić information content (AvgIpc) is 3.00. The van der Waals surface area contributed by atoms with Gasteiger partial charge in [-0.15, -0.1) is 0 Å². The van der Waals surface area contributed by atoms with Crippen LogP contribution in [-0.4, -0.2) is 31.6 Å². The van der Waals surface area contributed by atoms with Gasteiger partial charge >= 0.3 is 5.97 Å². The van der Waals surface area contributed by atoms with Gasteiger partial charge in [-0.1, -0.05) is 83.9 Å². The number of benzene rings is 4. The van der Waals surface area contributed by atoms with E-state index in [-0.39, 0.29) is 0 Å². The fourth-order valence-electron chi connectivity index (χ4n) is 3.50. The summed E-state index contributed by atoms with van der Waals surface area (Å²) in [5, 5.41) is 9.44. The monoisotopic (exact) mass is 594 g/mol. The maximum atomic E-state index is 10.9. The first-order valence-electron chi connectivity index (χ1n) is 12.3. The Hall–Kier alpha value is -4.46. The van der Waals surface area contributed by atoms with Crippen LogP contribution in [0.3, 0.4) is 0 Å². The normalized spacial score (nSPS) is 10.3. The molecule has 0 atom stereocenters. The summed E-state index contributed by atoms with van der Waals surface area (Å²) < 4.78 is 21.9. The van der Waals surface area contributed by atoms with E-state index in [9.17, 15) is 9.59 Å². The van der Waals surface area contributed by atoms with E-state index in [1.165, 1.54) is 20.3 Å². The number of aldehydes is 1. The zero-order valence-corrected chi connectivity index (χ0v) is 23.9. The molecule has 0 radical (unpaired) electrons. The molecule has 0 aliphatic rings. The molecule has 0 saturated heterocycles. The van der Waals surface area contributed by atoms with Crippen LogP contribution in [0.25, 0.3) is 6.08 Å². The minimum Gasteiger partial charge on any atom is -0.493 e. The van der Waals surface area contributed by atoms with Gasteiger partial charge in [-0.05, 0) is 34.9 Å². The van der Waals surface area contributed by atoms with Crippen molar-refractivity contribution >= 4 is 41.5 Å². The topological polar surface area (TPSA) is 91.3 Å². The quantitative estimate of drug-likeness (QED) is 0.140. The number of hydrogen-bond donors (Lipinski definition) is 1. The Morgan fingerprint density at radius 1 is 0.707 bits per heavy atom. The van der Waals surface area contributed by atoms with Crippen LogP contribution >= 0.6 is 23.2 Å². The molecule has 212 valence electrons. The van der Waals surface area contributed by atoms with E-state index in [4.69, 9.17) is 47.3 Å². The van der Waals surface area contributed by atoms with Gasteiger partial charge in [0.2, 0.25) is 0 Å². The van der Waals surface area contributed by atoms with Gasteiger partial charge in [0.15, 0.2) is 29.3 Å². The molecule has 0 saturated carbocycles. The summed E-state index contributed by atoms with van der Waals surface area (Å²) in [4.78, 5) is 21.5. The fraction of sp³-hybridized carbons (Fsp3) is 0.125. The maximum Gasteiger partial charge on any atom is 0.328 e. The number of halogens is 2. The zero-order chi connectivity index (χ0) is 29.6. The number of methoxy groups -OCH3 is 2. The van der Waals surface area contributed by atoms with Gasteiger partial charge in [-0.2, -0.15) is 0 Å². The highest BCUT2D eigenvalue weighted by Gasteiger charge is 2.11. The smallest absolute Gasteiger partial charge is 0.328 e. The number of rotatable bonds is 11. The van der Waals surface area contributed by atoms with Crippen LogP contribution < -0.4 is 18.9 Å². The molecule has 41 heavy (non-hydrogen) atoms. The molecule has 0 aliphatic heterocycles. The molecular formula is C32H28Cl2O7. The van der Waals surface area contributed by atoms with Gasteiger partial charge in [-0.25, -0.2) is 4.79 Å². The molecule has 7 nitrogen and oxygen atoms in total. The summed E-state index contributed by atoms with van der Waals surface area (Å²) in [5.74, 6) is 0.956. The largest absolute Gasteiger partial charge is 0.493 e. The number of aliphatic carboxylic acids is 1. The van der Waals surface area contributed by atoms with Crippen molar-refractivity contribution in [3.05, 3.63) is 123 Å². The van der Waals surface area contributed by atoms with E-state index < -0.39 is 5.97 Å². The second-order valence-electron chi connectivity index (χ2n) is 8.39. The van der Waals surface area contributed by atoms with Crippen molar-refractivity contribution in [2.24, 2.45) is 0 Å². The first-order valence-corrected chi connectivity index (χ1v) is 13.0. The molecule has 0 aliphatic carbocycles. The molecule has 1 N–H and O–H groups in total. The van der Waals surface area contributed by atoms with Gasteiger partial charge < -0.3 is 24.1 Å². The van der Waals surface area contributed by atoms with Gasteiger partial charge in [0.05, 0.1) is 24.3 Å². The summed E-state index contributed by atoms with van der Waals surface area (Å²) in [6.45, 7) is 0.776. The van der Waals surface area contributed by atoms with Crippen LogP contribution in [0.5, 0.6) is 23.0 Å². The van der Waals surface area contributed by atoms with Crippen molar-refractivity contribution in [1.29, 1.82) is 0 Å². The van der Waals surface area contributed by atoms with Crippen molar-refractivity contribution in [2.45, 2.75) is 13.2 Å². The maximum absolute atomic E-state index is 10.9. The number of carbonyl (C=O) groups excluding carboxylic acids is 1. The lowest BCUT2D eigenvalue weighted by molar-refractivity contribution is -0.131. The molecule has 4 aromatic carbocycles. The Balaban J connectivity index is 0.000000228. The van der Waals surface area contributed by atoms with E-state index in [0.717, 1.165) is 17.2 Å². The van der Waals surface area contributed by atoms with Crippen LogP contribution in [0.15, 0.2) is 91.0 Å². The van der Waals surface area contributed by atoms with Gasteiger partial charge in [0, 0.05) is 23.8 Å². The predicted octanol–water partition coefficient (Wildman–Crippen LogP) is 7.77. The molecule has 0 aromatic heterocycles. The standard InChI is InChI=1S/C17H15ClO4.C15H13ClO3/c1-21-15-10-14(18)13(7-8-17(19)20)9-16(15)22-11-12-5-3-2-4-6-12;1-18-14-8-13(16)12(9-17)7-15(14)19-10-11-5-3-2-4-6-11/h2-10H,11H2,1H3,(H,19,20);2-9H,10H2,1H3/b8-7+;. The number of carboxylic acid groups (broad SMARTS) is 1. The van der Waals surface area contributed by atoms with Crippen molar-refractivity contribution in [3.8, 4) is 23.0 Å². The summed E-state index contributed by atoms with van der Waals surface area (Å²) in [5.41, 5.74) is 2.98. The summed E-state index contributed by atoms with van der Waals surface area (Å²) in [6.07, 6.45) is 3.13. The number of hydrogen-bond acceptors (Lipinski definition) is 6. The summed E-state index contributed by atoms with van der Waals surface area (Å²) in [7, 11) is 3.05. The number of carboxylic acids is 1. The Morgan fingerprint density at radius 2 is 1.15 bits per heavy atom. The van der Waals surface area contributed by atoms with Crippen molar-refractivity contribution in [1.82, 2.24) is 0 Å². The van der Waals surface area contributed by atoms with E-state index >= 15 is 0 Å². The average molecular weight is 595 g/mol. The molecule has 0 unspecified atom stereocenters. The zero-order valence-electron chi connectivity index (χ0n) is 22.4. The third kappa shape index (κ3) is 9.60. The SMILES string of the molecule is COc1cc(Cl)c(/C=C/C(=O)O)cc1OCc1ccccc1.COc1cc(Cl)c(C=O)cc1OCc1ccccc1. The van der Waals surface area contributed by atoms with Crippen LogP contribution in [0.2, 0.25) is 10.0 Å². The molecular weight excluding hydrogens is 567 g/mol. The van der Waals surface area contributed by atoms with E-state index in [0.29, 0.717) is 63.7 Å². The molecule has 0 fully saturated rings. The lowest BCUT2D eigenvalue weighted by atomic mass is 10.2. The minimum atomic E-state index is -1.04. The highest BCUT2D eigenvalue weighted by atomic mass is 35.5. The highest BCUT2D eigenvalue weighted by Crippen LogP contribution is 2.35. The molecule has 0 bridgehead atoms. The second kappa shape index (κ2) is 16.0. The summed E-state index contributed by atoms with van der Waals surface area (Å²) >= 11 is 12.0. The van der Waals surface area contributed by atoms with Crippen LogP contribution in [0.1, 0.15) is 27.0 Å². The van der Waals surface area contributed by atoms with Crippen molar-refractivity contribution in [2.75, 3.05) is 14.2 Å². The molecule has 0 amide bonds. The fourth-order valence-corrected chi connectivity index (χ4v) is 3.91. The first-order chi connectivity index (χ1) is 19.8. The molecule has 4 aromatic rings. The summed E-state index contributed by atoms with van der Waals surface area (Å²) in [6, 6.07) is 25.8. The predicted molar refractivity (Wildman–Crippen MR) is 160 cm³/mol. The van der Waals surface area contributed by atoms with E-state index in [2.05, 4.69) is 0 Å². The molecule has 0 heterocycles. The first kappa shape index (κ1) is 31.1. The Kier molecular flexibility index (Phi) is 12.1. The third-order valence-electron chi connectivity index (χ3n) is 5.57. The van der Waals surface area contributed by atoms with Gasteiger partial charge in [-0.3, -0.25) is 4.79 Å². The molecule has 4 rings (SSSR count). The van der Waals surface area contributed by atoms with Crippen molar-refractivity contribution < 1.29 is 33.6 Å². The van der Waals surface area contributed by atoms with Crippen LogP contribution in [0.4, 0.5) is 0 Å². The lowest BCUT2D eigenvalue weighted by Gasteiger charge is -2.12. The number of carbonyl (C=O) groups is 2. The highest BCUT2D eigenvalue weighted by molar-refractivity contribution is 6.33. The van der Waals surface area contributed by atoms with E-state index in [1.807, 2.05) is 60.7 Å². The van der Waals surface area contributed by atoms with E-state index in [1.54, 1.807) is 24.3 Å². The number of ether oxygens (including phenoxy) is 4. The Morgan fingerprint density at radius 3 is 1.56 bits per heavy atom. The Labute approximate surface area is 248 Å². The molecule has 0 spiro atoms. The molecule has 9 heteroatoms. The Bertz CT molecular complexity index is 1470. The third-order valence-corrected chi connectivity index (χ3v) is 6.23. The van der Waals surface area contributed by atoms with Crippen LogP contribution in [-0.2, 0) is 18.0 Å². The van der Waals surface area contributed by atoms with Gasteiger partial charge in [0.25, 0.3) is 0 Å². The minimum absolute atomic E-state index is 0.346. The lowest BCUT2D eigenvalue weighted by Crippen LogP contribution is -1.99. The second-order valence-corrected chi connectivity index (χ2v) is 9.20. The van der Waals surface area contributed by atoms with Gasteiger partial charge in [0.1, 0.15) is 13.2 Å². The van der Waals surface area contributed by atoms with Crippen molar-refractivity contribution in [3.63, 3.8) is 0 Å².